The third kappa shape index (κ3) is 3.62. The van der Waals surface area contributed by atoms with Gasteiger partial charge in [-0.15, -0.1) is 0 Å². The standard InChI is InChI=1S/C11H7F3O4/c12-8-3-6(1-2-9(16)17)10(18-11(13)14)7(4-8)5-15/h1-5,11H,(H,16,17)/b2-1+. The Labute approximate surface area is 99.3 Å². The number of aliphatic carboxylic acids is 1. The molecule has 0 aromatic heterocycles. The highest BCUT2D eigenvalue weighted by atomic mass is 19.3. The second-order valence-electron chi connectivity index (χ2n) is 3.08. The molecule has 0 aliphatic heterocycles. The quantitative estimate of drug-likeness (QED) is 0.652. The van der Waals surface area contributed by atoms with Crippen molar-refractivity contribution in [1.29, 1.82) is 0 Å². The maximum atomic E-state index is 13.1. The lowest BCUT2D eigenvalue weighted by atomic mass is 10.1. The van der Waals surface area contributed by atoms with Gasteiger partial charge in [-0.25, -0.2) is 9.18 Å². The van der Waals surface area contributed by atoms with Crippen molar-refractivity contribution in [1.82, 2.24) is 0 Å². The lowest BCUT2D eigenvalue weighted by Gasteiger charge is -2.10. The van der Waals surface area contributed by atoms with Crippen molar-refractivity contribution >= 4 is 18.3 Å². The van der Waals surface area contributed by atoms with Gasteiger partial charge in [0.1, 0.15) is 11.6 Å². The molecule has 1 rings (SSSR count). The van der Waals surface area contributed by atoms with E-state index in [1.54, 1.807) is 0 Å². The summed E-state index contributed by atoms with van der Waals surface area (Å²) in [5.74, 6) is -2.79. The van der Waals surface area contributed by atoms with Crippen LogP contribution in [-0.2, 0) is 4.79 Å². The molecule has 1 aromatic rings. The van der Waals surface area contributed by atoms with Crippen LogP contribution in [0.2, 0.25) is 0 Å². The number of carbonyl (C=O) groups is 2. The highest BCUT2D eigenvalue weighted by Crippen LogP contribution is 2.27. The summed E-state index contributed by atoms with van der Waals surface area (Å²) in [6.07, 6.45) is 1.61. The largest absolute Gasteiger partial charge is 0.478 e. The van der Waals surface area contributed by atoms with Crippen molar-refractivity contribution in [2.45, 2.75) is 6.61 Å². The molecule has 0 spiro atoms. The van der Waals surface area contributed by atoms with Crippen molar-refractivity contribution in [2.24, 2.45) is 0 Å². The molecule has 0 amide bonds. The number of benzene rings is 1. The zero-order valence-electron chi connectivity index (χ0n) is 8.77. The van der Waals surface area contributed by atoms with Gasteiger partial charge in [-0.05, 0) is 18.2 Å². The fourth-order valence-electron chi connectivity index (χ4n) is 1.23. The smallest absolute Gasteiger partial charge is 0.387 e. The van der Waals surface area contributed by atoms with E-state index in [-0.39, 0.29) is 11.8 Å². The van der Waals surface area contributed by atoms with Crippen molar-refractivity contribution in [2.75, 3.05) is 0 Å². The van der Waals surface area contributed by atoms with E-state index in [1.807, 2.05) is 0 Å². The Kier molecular flexibility index (Phi) is 4.47. The molecule has 0 radical (unpaired) electrons. The van der Waals surface area contributed by atoms with Crippen LogP contribution in [0.4, 0.5) is 13.2 Å². The number of ether oxygens (including phenoxy) is 1. The van der Waals surface area contributed by atoms with Gasteiger partial charge in [0, 0.05) is 11.6 Å². The molecule has 0 aliphatic rings. The minimum Gasteiger partial charge on any atom is -0.478 e. The number of hydrogen-bond donors (Lipinski definition) is 1. The Hall–Kier alpha value is -2.31. The summed E-state index contributed by atoms with van der Waals surface area (Å²) in [5.41, 5.74) is -0.694. The van der Waals surface area contributed by atoms with Crippen LogP contribution in [0.15, 0.2) is 18.2 Å². The van der Waals surface area contributed by atoms with E-state index >= 15 is 0 Å². The summed E-state index contributed by atoms with van der Waals surface area (Å²) < 4.78 is 41.4. The molecule has 96 valence electrons. The van der Waals surface area contributed by atoms with Crippen LogP contribution in [0.1, 0.15) is 15.9 Å². The summed E-state index contributed by atoms with van der Waals surface area (Å²) >= 11 is 0. The lowest BCUT2D eigenvalue weighted by molar-refractivity contribution is -0.131. The van der Waals surface area contributed by atoms with Gasteiger partial charge in [-0.1, -0.05) is 0 Å². The monoisotopic (exact) mass is 260 g/mol. The highest BCUT2D eigenvalue weighted by Gasteiger charge is 2.15. The van der Waals surface area contributed by atoms with Crippen LogP contribution in [-0.4, -0.2) is 24.0 Å². The van der Waals surface area contributed by atoms with Crippen LogP contribution >= 0.6 is 0 Å². The van der Waals surface area contributed by atoms with Gasteiger partial charge in [0.05, 0.1) is 5.56 Å². The van der Waals surface area contributed by atoms with Gasteiger partial charge < -0.3 is 9.84 Å². The second-order valence-corrected chi connectivity index (χ2v) is 3.08. The van der Waals surface area contributed by atoms with E-state index in [1.165, 1.54) is 0 Å². The Morgan fingerprint density at radius 2 is 1.94 bits per heavy atom. The third-order valence-electron chi connectivity index (χ3n) is 1.85. The molecule has 18 heavy (non-hydrogen) atoms. The average molecular weight is 260 g/mol. The molecule has 0 saturated carbocycles. The Bertz CT molecular complexity index is 497. The molecule has 1 aromatic carbocycles. The van der Waals surface area contributed by atoms with Crippen molar-refractivity contribution in [3.05, 3.63) is 35.2 Å². The number of carboxylic acids is 1. The third-order valence-corrected chi connectivity index (χ3v) is 1.85. The maximum absolute atomic E-state index is 13.1. The first-order chi connectivity index (χ1) is 8.43. The minimum atomic E-state index is -3.22. The molecule has 4 nitrogen and oxygen atoms in total. The number of halogens is 3. The second kappa shape index (κ2) is 5.85. The summed E-state index contributed by atoms with van der Waals surface area (Å²) in [5, 5.41) is 8.40. The molecule has 0 bridgehead atoms. The molecular weight excluding hydrogens is 253 g/mol. The van der Waals surface area contributed by atoms with Crippen molar-refractivity contribution in [3.63, 3.8) is 0 Å². The van der Waals surface area contributed by atoms with Gasteiger partial charge >= 0.3 is 12.6 Å². The van der Waals surface area contributed by atoms with Crippen molar-refractivity contribution in [3.8, 4) is 5.75 Å². The molecule has 0 heterocycles. The number of carboxylic acid groups (broad SMARTS) is 1. The van der Waals surface area contributed by atoms with E-state index in [0.29, 0.717) is 12.1 Å². The molecule has 0 atom stereocenters. The summed E-state index contributed by atoms with van der Waals surface area (Å²) in [6.45, 7) is -3.22. The predicted molar refractivity (Wildman–Crippen MR) is 55.1 cm³/mol. The normalized spacial score (nSPS) is 10.9. The molecule has 0 fully saturated rings. The van der Waals surface area contributed by atoms with Gasteiger partial charge in [0.2, 0.25) is 0 Å². The van der Waals surface area contributed by atoms with E-state index in [0.717, 1.165) is 12.1 Å². The number of alkyl halides is 2. The zero-order valence-corrected chi connectivity index (χ0v) is 8.77. The number of rotatable bonds is 5. The molecule has 0 saturated heterocycles. The fourth-order valence-corrected chi connectivity index (χ4v) is 1.23. The van der Waals surface area contributed by atoms with Crippen LogP contribution in [0.3, 0.4) is 0 Å². The number of carbonyl (C=O) groups excluding carboxylic acids is 1. The van der Waals surface area contributed by atoms with E-state index < -0.39 is 29.7 Å². The molecule has 0 unspecified atom stereocenters. The highest BCUT2D eigenvalue weighted by molar-refractivity contribution is 5.88. The van der Waals surface area contributed by atoms with E-state index in [9.17, 15) is 22.8 Å². The molecule has 1 N–H and O–H groups in total. The maximum Gasteiger partial charge on any atom is 0.387 e. The Morgan fingerprint density at radius 3 is 2.44 bits per heavy atom. The fraction of sp³-hybridized carbons (Fsp3) is 0.0909. The summed E-state index contributed by atoms with van der Waals surface area (Å²) in [7, 11) is 0. The predicted octanol–water partition coefficient (Wildman–Crippen LogP) is 2.34. The van der Waals surface area contributed by atoms with Gasteiger partial charge in [-0.3, -0.25) is 4.79 Å². The molecular formula is C11H7F3O4. The zero-order chi connectivity index (χ0) is 13.7. The molecule has 7 heteroatoms. The summed E-state index contributed by atoms with van der Waals surface area (Å²) in [6, 6.07) is 1.49. The Morgan fingerprint density at radius 1 is 1.33 bits per heavy atom. The van der Waals surface area contributed by atoms with E-state index in [4.69, 9.17) is 5.11 Å². The van der Waals surface area contributed by atoms with Gasteiger partial charge in [-0.2, -0.15) is 8.78 Å². The average Bonchev–Trinajstić information content (AvgIpc) is 2.28. The molecule has 0 aliphatic carbocycles. The first-order valence-electron chi connectivity index (χ1n) is 4.58. The van der Waals surface area contributed by atoms with Gasteiger partial charge in [0.25, 0.3) is 0 Å². The lowest BCUT2D eigenvalue weighted by Crippen LogP contribution is -2.06. The SMILES string of the molecule is O=Cc1cc(F)cc(/C=C/C(=O)O)c1OC(F)F. The first kappa shape index (κ1) is 13.8. The number of hydrogen-bond acceptors (Lipinski definition) is 3. The van der Waals surface area contributed by atoms with Crippen LogP contribution in [0.5, 0.6) is 5.75 Å². The summed E-state index contributed by atoms with van der Waals surface area (Å²) in [4.78, 5) is 20.9. The topological polar surface area (TPSA) is 63.6 Å². The van der Waals surface area contributed by atoms with E-state index in [2.05, 4.69) is 4.74 Å². The van der Waals surface area contributed by atoms with Crippen LogP contribution in [0, 0.1) is 5.82 Å². The number of aldehydes is 1. The minimum absolute atomic E-state index is 0.138. The van der Waals surface area contributed by atoms with Crippen LogP contribution < -0.4 is 4.74 Å². The Balaban J connectivity index is 3.31. The van der Waals surface area contributed by atoms with Gasteiger partial charge in [0.15, 0.2) is 6.29 Å². The van der Waals surface area contributed by atoms with Crippen molar-refractivity contribution < 1.29 is 32.6 Å². The first-order valence-corrected chi connectivity index (χ1v) is 4.58. The van der Waals surface area contributed by atoms with Crippen LogP contribution in [0.25, 0.3) is 6.08 Å².